The van der Waals surface area contributed by atoms with Gasteiger partial charge in [-0.05, 0) is 19.5 Å². The summed E-state index contributed by atoms with van der Waals surface area (Å²) in [5.41, 5.74) is 1.25. The van der Waals surface area contributed by atoms with Crippen LogP contribution in [0.2, 0.25) is 0 Å². The summed E-state index contributed by atoms with van der Waals surface area (Å²) in [6.07, 6.45) is 0.539. The molecule has 0 aliphatic rings. The summed E-state index contributed by atoms with van der Waals surface area (Å²) >= 11 is 0. The molecule has 3 nitrogen and oxygen atoms in total. The van der Waals surface area contributed by atoms with Gasteiger partial charge in [0.15, 0.2) is 0 Å². The Morgan fingerprint density at radius 2 is 2.00 bits per heavy atom. The van der Waals surface area contributed by atoms with E-state index in [4.69, 9.17) is 4.74 Å². The molecule has 0 N–H and O–H groups in total. The summed E-state index contributed by atoms with van der Waals surface area (Å²) in [5, 5.41) is 0. The summed E-state index contributed by atoms with van der Waals surface area (Å²) in [6.45, 7) is 3.05. The zero-order valence-corrected chi connectivity index (χ0v) is 10.8. The molecular weight excluding hydrogens is 214 g/mol. The second-order valence-corrected chi connectivity index (χ2v) is 4.42. The van der Waals surface area contributed by atoms with Crippen molar-refractivity contribution in [2.45, 2.75) is 25.9 Å². The molecule has 1 rings (SSSR count). The van der Waals surface area contributed by atoms with Crippen LogP contribution in [0.5, 0.6) is 0 Å². The maximum atomic E-state index is 11.2. The number of methoxy groups -OCH3 is 1. The van der Waals surface area contributed by atoms with Crippen molar-refractivity contribution >= 4 is 5.78 Å². The lowest BCUT2D eigenvalue weighted by atomic mass is 10.1. The zero-order valence-electron chi connectivity index (χ0n) is 10.8. The van der Waals surface area contributed by atoms with Crippen LogP contribution in [-0.4, -0.2) is 37.5 Å². The van der Waals surface area contributed by atoms with E-state index in [1.54, 1.807) is 14.0 Å². The number of rotatable bonds is 7. The fourth-order valence-corrected chi connectivity index (χ4v) is 1.87. The molecule has 0 fully saturated rings. The molecule has 94 valence electrons. The molecule has 0 bridgehead atoms. The van der Waals surface area contributed by atoms with Gasteiger partial charge in [-0.2, -0.15) is 0 Å². The van der Waals surface area contributed by atoms with Gasteiger partial charge in [-0.1, -0.05) is 30.3 Å². The van der Waals surface area contributed by atoms with Crippen LogP contribution in [0.4, 0.5) is 0 Å². The van der Waals surface area contributed by atoms with E-state index in [9.17, 15) is 4.79 Å². The van der Waals surface area contributed by atoms with E-state index in [0.717, 1.165) is 6.54 Å². The highest BCUT2D eigenvalue weighted by atomic mass is 16.5. The van der Waals surface area contributed by atoms with Crippen molar-refractivity contribution < 1.29 is 9.53 Å². The van der Waals surface area contributed by atoms with Crippen LogP contribution in [0.25, 0.3) is 0 Å². The summed E-state index contributed by atoms with van der Waals surface area (Å²) in [7, 11) is 3.70. The van der Waals surface area contributed by atoms with E-state index in [2.05, 4.69) is 17.0 Å². The van der Waals surface area contributed by atoms with Crippen LogP contribution in [0.1, 0.15) is 18.9 Å². The van der Waals surface area contributed by atoms with Crippen molar-refractivity contribution in [2.75, 3.05) is 20.8 Å². The summed E-state index contributed by atoms with van der Waals surface area (Å²) in [6, 6.07) is 10.4. The van der Waals surface area contributed by atoms with E-state index in [0.29, 0.717) is 13.0 Å². The smallest absolute Gasteiger partial charge is 0.131 e. The fourth-order valence-electron chi connectivity index (χ4n) is 1.87. The van der Waals surface area contributed by atoms with Gasteiger partial charge in [-0.25, -0.2) is 0 Å². The normalized spacial score (nSPS) is 12.7. The third-order valence-corrected chi connectivity index (χ3v) is 2.78. The van der Waals surface area contributed by atoms with Crippen LogP contribution in [0.15, 0.2) is 30.3 Å². The number of hydrogen-bond donors (Lipinski definition) is 0. The number of hydrogen-bond acceptors (Lipinski definition) is 3. The Morgan fingerprint density at radius 3 is 2.53 bits per heavy atom. The fraction of sp³-hybridized carbons (Fsp3) is 0.500. The highest BCUT2D eigenvalue weighted by molar-refractivity contribution is 5.76. The molecule has 0 aliphatic carbocycles. The molecule has 0 spiro atoms. The molecule has 1 unspecified atom stereocenters. The minimum absolute atomic E-state index is 0.151. The van der Waals surface area contributed by atoms with Crippen LogP contribution >= 0.6 is 0 Å². The molecule has 0 radical (unpaired) electrons. The van der Waals surface area contributed by atoms with Gasteiger partial charge in [-0.3, -0.25) is 9.69 Å². The van der Waals surface area contributed by atoms with Crippen molar-refractivity contribution in [3.05, 3.63) is 35.9 Å². The van der Waals surface area contributed by atoms with Gasteiger partial charge in [0.2, 0.25) is 0 Å². The molecule has 0 saturated carbocycles. The molecular formula is C14H21NO2. The highest BCUT2D eigenvalue weighted by Gasteiger charge is 2.16. The third kappa shape index (κ3) is 5.11. The summed E-state index contributed by atoms with van der Waals surface area (Å²) < 4.78 is 5.17. The lowest BCUT2D eigenvalue weighted by molar-refractivity contribution is -0.118. The molecule has 0 aromatic heterocycles. The first-order chi connectivity index (χ1) is 8.13. The van der Waals surface area contributed by atoms with Crippen LogP contribution in [-0.2, 0) is 16.1 Å². The molecule has 0 aliphatic heterocycles. The van der Waals surface area contributed by atoms with E-state index >= 15 is 0 Å². The van der Waals surface area contributed by atoms with E-state index in [1.165, 1.54) is 5.56 Å². The summed E-state index contributed by atoms with van der Waals surface area (Å²) in [5.74, 6) is 0.201. The second-order valence-electron chi connectivity index (χ2n) is 4.42. The molecule has 1 aromatic carbocycles. The number of ketones is 1. The van der Waals surface area contributed by atoms with Gasteiger partial charge in [0.05, 0.1) is 6.61 Å². The predicted molar refractivity (Wildman–Crippen MR) is 68.9 cm³/mol. The van der Waals surface area contributed by atoms with Gasteiger partial charge in [0.1, 0.15) is 5.78 Å². The maximum absolute atomic E-state index is 11.2. The topological polar surface area (TPSA) is 29.5 Å². The predicted octanol–water partition coefficient (Wildman–Crippen LogP) is 2.11. The Bertz CT molecular complexity index is 337. The molecule has 17 heavy (non-hydrogen) atoms. The third-order valence-electron chi connectivity index (χ3n) is 2.78. The van der Waals surface area contributed by atoms with Gasteiger partial charge >= 0.3 is 0 Å². The average Bonchev–Trinajstić information content (AvgIpc) is 2.29. The van der Waals surface area contributed by atoms with Crippen molar-refractivity contribution in [1.82, 2.24) is 4.90 Å². The Labute approximate surface area is 103 Å². The maximum Gasteiger partial charge on any atom is 0.131 e. The molecule has 1 aromatic rings. The first-order valence-electron chi connectivity index (χ1n) is 5.86. The van der Waals surface area contributed by atoms with Gasteiger partial charge in [0, 0.05) is 26.1 Å². The Hall–Kier alpha value is -1.19. The molecule has 0 saturated heterocycles. The van der Waals surface area contributed by atoms with E-state index in [-0.39, 0.29) is 11.8 Å². The minimum Gasteiger partial charge on any atom is -0.383 e. The number of likely N-dealkylation sites (N-methyl/N-ethyl adjacent to an activating group) is 1. The lowest BCUT2D eigenvalue weighted by Gasteiger charge is -2.26. The Balaban J connectivity index is 2.58. The van der Waals surface area contributed by atoms with Gasteiger partial charge in [0.25, 0.3) is 0 Å². The number of carbonyl (C=O) groups is 1. The molecule has 0 heterocycles. The first kappa shape index (κ1) is 13.9. The van der Waals surface area contributed by atoms with Gasteiger partial charge in [-0.15, -0.1) is 0 Å². The lowest BCUT2D eigenvalue weighted by Crippen LogP contribution is -2.36. The quantitative estimate of drug-likeness (QED) is 0.725. The monoisotopic (exact) mass is 235 g/mol. The van der Waals surface area contributed by atoms with Crippen LogP contribution in [0, 0.1) is 0 Å². The van der Waals surface area contributed by atoms with Crippen molar-refractivity contribution in [3.63, 3.8) is 0 Å². The van der Waals surface area contributed by atoms with E-state index < -0.39 is 0 Å². The van der Waals surface area contributed by atoms with Gasteiger partial charge < -0.3 is 4.74 Å². The Morgan fingerprint density at radius 1 is 1.35 bits per heavy atom. The Kier molecular flexibility index (Phi) is 5.87. The van der Waals surface area contributed by atoms with Crippen molar-refractivity contribution in [3.8, 4) is 0 Å². The van der Waals surface area contributed by atoms with Crippen molar-refractivity contribution in [1.29, 1.82) is 0 Å². The standard InChI is InChI=1S/C14H21NO2/c1-12(16)9-14(11-17-3)15(2)10-13-7-5-4-6-8-13/h4-8,14H,9-11H2,1-3H3. The molecule has 1 atom stereocenters. The minimum atomic E-state index is 0.151. The largest absolute Gasteiger partial charge is 0.383 e. The van der Waals surface area contributed by atoms with Crippen LogP contribution in [0.3, 0.4) is 0 Å². The molecule has 0 amide bonds. The number of benzene rings is 1. The number of nitrogens with zero attached hydrogens (tertiary/aromatic N) is 1. The average molecular weight is 235 g/mol. The number of Topliss-reactive ketones (excluding diaryl/α,β-unsaturated/α-hetero) is 1. The first-order valence-corrected chi connectivity index (χ1v) is 5.86. The number of carbonyl (C=O) groups excluding carboxylic acids is 1. The van der Waals surface area contributed by atoms with Crippen molar-refractivity contribution in [2.24, 2.45) is 0 Å². The second kappa shape index (κ2) is 7.20. The summed E-state index contributed by atoms with van der Waals surface area (Å²) in [4.78, 5) is 13.4. The molecule has 3 heteroatoms. The van der Waals surface area contributed by atoms with Crippen LogP contribution < -0.4 is 0 Å². The SMILES string of the molecule is COCC(CC(C)=O)N(C)Cc1ccccc1. The highest BCUT2D eigenvalue weighted by Crippen LogP contribution is 2.09. The van der Waals surface area contributed by atoms with E-state index in [1.807, 2.05) is 25.2 Å². The number of ether oxygens (including phenoxy) is 1. The zero-order chi connectivity index (χ0) is 12.7.